The Hall–Kier alpha value is -3.67. The minimum atomic E-state index is -0.373. The standard InChI is InChI=1S/C27H30FN3O2/c1-4-16-31(27(33)21-10-12-23(28)13-11-21)19-22-18-24(14-15-25(22)30(2)3)29-26(32)17-20-8-6-5-7-9-20/h5-15,18H,4,16-17,19H2,1-3H3,(H,29,32). The molecule has 2 amide bonds. The van der Waals surface area contributed by atoms with Crippen LogP contribution < -0.4 is 10.2 Å². The molecule has 0 fully saturated rings. The number of amides is 2. The van der Waals surface area contributed by atoms with Crippen LogP contribution in [0.5, 0.6) is 0 Å². The van der Waals surface area contributed by atoms with Gasteiger partial charge in [-0.05, 0) is 60.0 Å². The fourth-order valence-corrected chi connectivity index (χ4v) is 3.72. The molecule has 0 spiro atoms. The molecule has 0 aromatic heterocycles. The highest BCUT2D eigenvalue weighted by Crippen LogP contribution is 2.25. The normalized spacial score (nSPS) is 10.5. The lowest BCUT2D eigenvalue weighted by Crippen LogP contribution is -2.32. The molecular weight excluding hydrogens is 417 g/mol. The second kappa shape index (κ2) is 11.3. The zero-order valence-electron chi connectivity index (χ0n) is 19.3. The summed E-state index contributed by atoms with van der Waals surface area (Å²) in [5.41, 5.74) is 3.95. The molecule has 3 rings (SSSR count). The minimum absolute atomic E-state index is 0.0995. The van der Waals surface area contributed by atoms with Gasteiger partial charge >= 0.3 is 0 Å². The molecule has 0 saturated carbocycles. The molecule has 0 bridgehead atoms. The number of nitrogens with zero attached hydrogens (tertiary/aromatic N) is 2. The van der Waals surface area contributed by atoms with E-state index in [0.717, 1.165) is 23.2 Å². The molecule has 0 unspecified atom stereocenters. The zero-order valence-corrected chi connectivity index (χ0v) is 19.3. The first kappa shape index (κ1) is 24.0. The Bertz CT molecular complexity index is 1080. The molecule has 0 radical (unpaired) electrons. The van der Waals surface area contributed by atoms with Gasteiger partial charge < -0.3 is 15.1 Å². The van der Waals surface area contributed by atoms with Crippen LogP contribution in [-0.2, 0) is 17.8 Å². The minimum Gasteiger partial charge on any atom is -0.377 e. The van der Waals surface area contributed by atoms with Gasteiger partial charge in [0.2, 0.25) is 5.91 Å². The van der Waals surface area contributed by atoms with Gasteiger partial charge in [-0.15, -0.1) is 0 Å². The molecular formula is C27H30FN3O2. The highest BCUT2D eigenvalue weighted by atomic mass is 19.1. The Morgan fingerprint density at radius 3 is 2.27 bits per heavy atom. The summed E-state index contributed by atoms with van der Waals surface area (Å²) < 4.78 is 13.3. The van der Waals surface area contributed by atoms with Crippen LogP contribution in [0.25, 0.3) is 0 Å². The van der Waals surface area contributed by atoms with Gasteiger partial charge in [0, 0.05) is 44.1 Å². The summed E-state index contributed by atoms with van der Waals surface area (Å²) in [6, 6.07) is 20.9. The Labute approximate surface area is 194 Å². The van der Waals surface area contributed by atoms with Gasteiger partial charge in [0.25, 0.3) is 5.91 Å². The van der Waals surface area contributed by atoms with Crippen molar-refractivity contribution < 1.29 is 14.0 Å². The number of anilines is 2. The number of carbonyl (C=O) groups excluding carboxylic acids is 2. The average Bonchev–Trinajstić information content (AvgIpc) is 2.79. The molecule has 0 atom stereocenters. The Balaban J connectivity index is 1.82. The van der Waals surface area contributed by atoms with E-state index in [1.54, 1.807) is 4.90 Å². The van der Waals surface area contributed by atoms with E-state index in [1.165, 1.54) is 24.3 Å². The number of nitrogens with one attached hydrogen (secondary N) is 1. The third kappa shape index (κ3) is 6.65. The van der Waals surface area contributed by atoms with E-state index in [9.17, 15) is 14.0 Å². The lowest BCUT2D eigenvalue weighted by Gasteiger charge is -2.26. The highest BCUT2D eigenvalue weighted by molar-refractivity contribution is 5.94. The Kier molecular flexibility index (Phi) is 8.19. The van der Waals surface area contributed by atoms with Crippen molar-refractivity contribution in [3.8, 4) is 0 Å². The molecule has 0 aliphatic rings. The van der Waals surface area contributed by atoms with Gasteiger partial charge in [-0.25, -0.2) is 4.39 Å². The Morgan fingerprint density at radius 1 is 0.939 bits per heavy atom. The van der Waals surface area contributed by atoms with Crippen LogP contribution in [0.1, 0.15) is 34.8 Å². The number of hydrogen-bond donors (Lipinski definition) is 1. The smallest absolute Gasteiger partial charge is 0.254 e. The summed E-state index contributed by atoms with van der Waals surface area (Å²) in [6.07, 6.45) is 1.08. The molecule has 6 heteroatoms. The van der Waals surface area contributed by atoms with E-state index in [2.05, 4.69) is 5.32 Å². The van der Waals surface area contributed by atoms with Gasteiger partial charge in [-0.1, -0.05) is 37.3 Å². The first-order valence-electron chi connectivity index (χ1n) is 11.1. The predicted octanol–water partition coefficient (Wildman–Crippen LogP) is 5.13. The van der Waals surface area contributed by atoms with E-state index >= 15 is 0 Å². The van der Waals surface area contributed by atoms with Crippen molar-refractivity contribution in [1.82, 2.24) is 4.90 Å². The average molecular weight is 448 g/mol. The third-order valence-electron chi connectivity index (χ3n) is 5.29. The summed E-state index contributed by atoms with van der Waals surface area (Å²) >= 11 is 0. The van der Waals surface area contributed by atoms with Gasteiger partial charge in [0.1, 0.15) is 5.82 Å². The van der Waals surface area contributed by atoms with Crippen LogP contribution in [0.3, 0.4) is 0 Å². The number of carbonyl (C=O) groups is 2. The number of rotatable bonds is 9. The molecule has 3 aromatic carbocycles. The van der Waals surface area contributed by atoms with Crippen molar-refractivity contribution in [3.63, 3.8) is 0 Å². The monoisotopic (exact) mass is 447 g/mol. The van der Waals surface area contributed by atoms with E-state index in [-0.39, 0.29) is 24.1 Å². The zero-order chi connectivity index (χ0) is 23.8. The molecule has 0 aliphatic carbocycles. The lowest BCUT2D eigenvalue weighted by atomic mass is 10.1. The first-order chi connectivity index (χ1) is 15.9. The molecule has 0 heterocycles. The highest BCUT2D eigenvalue weighted by Gasteiger charge is 2.18. The summed E-state index contributed by atoms with van der Waals surface area (Å²) in [5.74, 6) is -0.625. The van der Waals surface area contributed by atoms with Crippen LogP contribution in [-0.4, -0.2) is 37.4 Å². The maximum absolute atomic E-state index is 13.3. The number of benzene rings is 3. The first-order valence-corrected chi connectivity index (χ1v) is 11.1. The van der Waals surface area contributed by atoms with Crippen molar-refractivity contribution >= 4 is 23.2 Å². The molecule has 33 heavy (non-hydrogen) atoms. The summed E-state index contributed by atoms with van der Waals surface area (Å²) in [4.78, 5) is 29.4. The SMILES string of the molecule is CCCN(Cc1cc(NC(=O)Cc2ccccc2)ccc1N(C)C)C(=O)c1ccc(F)cc1. The van der Waals surface area contributed by atoms with Crippen molar-refractivity contribution in [2.75, 3.05) is 30.9 Å². The lowest BCUT2D eigenvalue weighted by molar-refractivity contribution is -0.115. The van der Waals surface area contributed by atoms with Crippen molar-refractivity contribution in [3.05, 3.63) is 95.3 Å². The van der Waals surface area contributed by atoms with Crippen LogP contribution >= 0.6 is 0 Å². The van der Waals surface area contributed by atoms with Crippen LogP contribution in [0.15, 0.2) is 72.8 Å². The fourth-order valence-electron chi connectivity index (χ4n) is 3.72. The van der Waals surface area contributed by atoms with E-state index in [4.69, 9.17) is 0 Å². The quantitative estimate of drug-likeness (QED) is 0.495. The molecule has 1 N–H and O–H groups in total. The van der Waals surface area contributed by atoms with Gasteiger partial charge in [-0.3, -0.25) is 9.59 Å². The molecule has 3 aromatic rings. The maximum atomic E-state index is 13.3. The van der Waals surface area contributed by atoms with E-state index in [1.807, 2.05) is 74.4 Å². The second-order valence-corrected chi connectivity index (χ2v) is 8.18. The number of halogens is 1. The molecule has 0 aliphatic heterocycles. The predicted molar refractivity (Wildman–Crippen MR) is 131 cm³/mol. The van der Waals surface area contributed by atoms with Crippen molar-refractivity contribution in [2.24, 2.45) is 0 Å². The summed E-state index contributed by atoms with van der Waals surface area (Å²) in [7, 11) is 3.89. The van der Waals surface area contributed by atoms with Gasteiger partial charge in [0.05, 0.1) is 6.42 Å². The van der Waals surface area contributed by atoms with Crippen LogP contribution in [0.4, 0.5) is 15.8 Å². The van der Waals surface area contributed by atoms with Crippen LogP contribution in [0.2, 0.25) is 0 Å². The second-order valence-electron chi connectivity index (χ2n) is 8.18. The van der Waals surface area contributed by atoms with Crippen molar-refractivity contribution in [1.29, 1.82) is 0 Å². The van der Waals surface area contributed by atoms with Crippen LogP contribution in [0, 0.1) is 5.82 Å². The van der Waals surface area contributed by atoms with E-state index < -0.39 is 0 Å². The molecule has 172 valence electrons. The fraction of sp³-hybridized carbons (Fsp3) is 0.259. The Morgan fingerprint density at radius 2 is 1.64 bits per heavy atom. The number of hydrogen-bond acceptors (Lipinski definition) is 3. The summed E-state index contributed by atoms with van der Waals surface area (Å²) in [6.45, 7) is 2.95. The van der Waals surface area contributed by atoms with E-state index in [0.29, 0.717) is 24.3 Å². The largest absolute Gasteiger partial charge is 0.377 e. The third-order valence-corrected chi connectivity index (χ3v) is 5.29. The van der Waals surface area contributed by atoms with Crippen molar-refractivity contribution in [2.45, 2.75) is 26.3 Å². The van der Waals surface area contributed by atoms with Gasteiger partial charge in [0.15, 0.2) is 0 Å². The summed E-state index contributed by atoms with van der Waals surface area (Å²) in [5, 5.41) is 2.97. The van der Waals surface area contributed by atoms with Gasteiger partial charge in [-0.2, -0.15) is 0 Å². The molecule has 0 saturated heterocycles. The maximum Gasteiger partial charge on any atom is 0.254 e. The molecule has 5 nitrogen and oxygen atoms in total. The topological polar surface area (TPSA) is 52.7 Å².